The minimum atomic E-state index is -0.592. The maximum atomic E-state index is 12.8. The number of hydrogen-bond acceptors (Lipinski definition) is 2. The lowest BCUT2D eigenvalue weighted by Crippen LogP contribution is -2.30. The van der Waals surface area contributed by atoms with Gasteiger partial charge >= 0.3 is 0 Å². The van der Waals surface area contributed by atoms with Crippen LogP contribution in [0.5, 0.6) is 0 Å². The van der Waals surface area contributed by atoms with E-state index in [1.54, 1.807) is 30.3 Å². The molecule has 0 aromatic heterocycles. The molecule has 0 aliphatic carbocycles. The number of nitrogens with one attached hydrogen (secondary N) is 2. The Morgan fingerprint density at radius 1 is 0.957 bits per heavy atom. The molecule has 23 heavy (non-hydrogen) atoms. The number of thiocarbonyl (C=S) groups is 1. The van der Waals surface area contributed by atoms with E-state index in [-0.39, 0.29) is 0 Å². The van der Waals surface area contributed by atoms with Gasteiger partial charge in [-0.3, -0.25) is 0 Å². The number of benzene rings is 2. The second kappa shape index (κ2) is 8.43. The first-order valence-electron chi connectivity index (χ1n) is 7.24. The van der Waals surface area contributed by atoms with Crippen LogP contribution in [0.1, 0.15) is 16.7 Å². The van der Waals surface area contributed by atoms with Gasteiger partial charge in [0.05, 0.1) is 0 Å². The second-order valence-corrected chi connectivity index (χ2v) is 5.59. The van der Waals surface area contributed by atoms with Gasteiger partial charge in [-0.2, -0.15) is 0 Å². The van der Waals surface area contributed by atoms with Crippen LogP contribution in [0.2, 0.25) is 0 Å². The number of alkyl halides is 2. The van der Waals surface area contributed by atoms with Crippen LogP contribution in [-0.4, -0.2) is 11.7 Å². The normalized spacial score (nSPS) is 10.3. The fraction of sp³-hybridized carbons (Fsp3) is 0.235. The fourth-order valence-corrected chi connectivity index (χ4v) is 2.42. The maximum absolute atomic E-state index is 12.8. The van der Waals surface area contributed by atoms with Gasteiger partial charge in [0.2, 0.25) is 0 Å². The minimum Gasteiger partial charge on any atom is -0.399 e. The van der Waals surface area contributed by atoms with Crippen molar-refractivity contribution in [2.45, 2.75) is 19.8 Å². The van der Waals surface area contributed by atoms with E-state index in [0.29, 0.717) is 34.9 Å². The first-order chi connectivity index (χ1) is 11.1. The van der Waals surface area contributed by atoms with Gasteiger partial charge in [0.25, 0.3) is 0 Å². The number of nitrogen functional groups attached to an aromatic ring is 1. The van der Waals surface area contributed by atoms with Crippen molar-refractivity contribution >= 4 is 28.7 Å². The molecule has 4 N–H and O–H groups in total. The van der Waals surface area contributed by atoms with Gasteiger partial charge in [-0.25, -0.2) is 8.78 Å². The molecule has 0 fully saturated rings. The average molecular weight is 335 g/mol. The van der Waals surface area contributed by atoms with E-state index >= 15 is 0 Å². The minimum absolute atomic E-state index is 0.488. The standard InChI is InChI=1S/C17H19F2N3S/c18-10-13-7-12(8-14(9-13)11-19)5-6-21-17(23)22-16-3-1-15(20)2-4-16/h1-4,7-9H,5-6,10-11,20H2,(H2,21,22,23). The van der Waals surface area contributed by atoms with E-state index in [9.17, 15) is 8.78 Å². The molecular weight excluding hydrogens is 316 g/mol. The van der Waals surface area contributed by atoms with Crippen molar-refractivity contribution in [1.82, 2.24) is 5.32 Å². The number of anilines is 2. The third kappa shape index (κ3) is 5.49. The lowest BCUT2D eigenvalue weighted by molar-refractivity contribution is 0.474. The van der Waals surface area contributed by atoms with Gasteiger partial charge in [0.15, 0.2) is 5.11 Å². The molecule has 3 nitrogen and oxygen atoms in total. The highest BCUT2D eigenvalue weighted by Crippen LogP contribution is 2.13. The van der Waals surface area contributed by atoms with Crippen molar-refractivity contribution in [2.75, 3.05) is 17.6 Å². The summed E-state index contributed by atoms with van der Waals surface area (Å²) in [5.74, 6) is 0. The molecule has 0 spiro atoms. The molecule has 2 rings (SSSR count). The van der Waals surface area contributed by atoms with Gasteiger partial charge in [-0.1, -0.05) is 18.2 Å². The highest BCUT2D eigenvalue weighted by Gasteiger charge is 2.03. The van der Waals surface area contributed by atoms with Crippen molar-refractivity contribution < 1.29 is 8.78 Å². The van der Waals surface area contributed by atoms with Crippen LogP contribution in [0.15, 0.2) is 42.5 Å². The lowest BCUT2D eigenvalue weighted by Gasteiger charge is -2.11. The largest absolute Gasteiger partial charge is 0.399 e. The molecule has 0 heterocycles. The molecule has 2 aromatic carbocycles. The smallest absolute Gasteiger partial charge is 0.170 e. The summed E-state index contributed by atoms with van der Waals surface area (Å²) >= 11 is 5.21. The van der Waals surface area contributed by atoms with Crippen molar-refractivity contribution in [1.29, 1.82) is 0 Å². The van der Waals surface area contributed by atoms with Gasteiger partial charge in [0.1, 0.15) is 13.3 Å². The lowest BCUT2D eigenvalue weighted by atomic mass is 10.0. The molecule has 0 bridgehead atoms. The first-order valence-corrected chi connectivity index (χ1v) is 7.65. The molecule has 122 valence electrons. The quantitative estimate of drug-likeness (QED) is 0.556. The molecule has 0 saturated heterocycles. The summed E-state index contributed by atoms with van der Waals surface area (Å²) in [5, 5.41) is 6.60. The van der Waals surface area contributed by atoms with Gasteiger partial charge in [0, 0.05) is 17.9 Å². The number of halogens is 2. The Morgan fingerprint density at radius 2 is 1.52 bits per heavy atom. The Bertz CT molecular complexity index is 637. The molecular formula is C17H19F2N3S. The van der Waals surface area contributed by atoms with Crippen LogP contribution in [0.25, 0.3) is 0 Å². The van der Waals surface area contributed by atoms with Crippen LogP contribution in [0.4, 0.5) is 20.2 Å². The topological polar surface area (TPSA) is 50.1 Å². The predicted molar refractivity (Wildman–Crippen MR) is 94.8 cm³/mol. The predicted octanol–water partition coefficient (Wildman–Crippen LogP) is 3.74. The Hall–Kier alpha value is -2.21. The zero-order valence-corrected chi connectivity index (χ0v) is 13.4. The molecule has 0 saturated carbocycles. The van der Waals surface area contributed by atoms with Gasteiger partial charge in [-0.05, 0) is 59.6 Å². The van der Waals surface area contributed by atoms with Crippen molar-refractivity contribution in [3.05, 3.63) is 59.2 Å². The number of nitrogens with two attached hydrogens (primary N) is 1. The number of hydrogen-bond donors (Lipinski definition) is 3. The van der Waals surface area contributed by atoms with Crippen molar-refractivity contribution in [3.8, 4) is 0 Å². The zero-order valence-electron chi connectivity index (χ0n) is 12.6. The summed E-state index contributed by atoms with van der Waals surface area (Å²) < 4.78 is 25.5. The Kier molecular flexibility index (Phi) is 6.29. The van der Waals surface area contributed by atoms with E-state index in [4.69, 9.17) is 18.0 Å². The second-order valence-electron chi connectivity index (χ2n) is 5.18. The van der Waals surface area contributed by atoms with Crippen molar-refractivity contribution in [2.24, 2.45) is 0 Å². The van der Waals surface area contributed by atoms with Crippen LogP contribution in [0.3, 0.4) is 0 Å². The molecule has 0 unspecified atom stereocenters. The van der Waals surface area contributed by atoms with Gasteiger partial charge < -0.3 is 16.4 Å². The third-order valence-corrected chi connectivity index (χ3v) is 3.54. The molecule has 0 aliphatic rings. The monoisotopic (exact) mass is 335 g/mol. The van der Waals surface area contributed by atoms with Gasteiger partial charge in [-0.15, -0.1) is 0 Å². The average Bonchev–Trinajstić information content (AvgIpc) is 2.56. The van der Waals surface area contributed by atoms with E-state index in [0.717, 1.165) is 11.3 Å². The molecule has 0 aliphatic heterocycles. The molecule has 0 atom stereocenters. The SMILES string of the molecule is Nc1ccc(NC(=S)NCCc2cc(CF)cc(CF)c2)cc1. The highest BCUT2D eigenvalue weighted by molar-refractivity contribution is 7.80. The highest BCUT2D eigenvalue weighted by atomic mass is 32.1. The Labute approximate surface area is 139 Å². The molecule has 0 amide bonds. The summed E-state index contributed by atoms with van der Waals surface area (Å²) in [7, 11) is 0. The Morgan fingerprint density at radius 3 is 2.09 bits per heavy atom. The van der Waals surface area contributed by atoms with E-state index in [1.165, 1.54) is 0 Å². The van der Waals surface area contributed by atoms with E-state index < -0.39 is 13.3 Å². The Balaban J connectivity index is 1.84. The van der Waals surface area contributed by atoms with Crippen LogP contribution in [0, 0.1) is 0 Å². The number of rotatable bonds is 6. The van der Waals surface area contributed by atoms with Crippen LogP contribution >= 0.6 is 12.2 Å². The summed E-state index contributed by atoms with van der Waals surface area (Å²) in [6.07, 6.45) is 0.629. The van der Waals surface area contributed by atoms with Crippen molar-refractivity contribution in [3.63, 3.8) is 0 Å². The molecule has 0 radical (unpaired) electrons. The summed E-state index contributed by atoms with van der Waals surface area (Å²) in [6, 6.07) is 12.3. The van der Waals surface area contributed by atoms with E-state index in [2.05, 4.69) is 10.6 Å². The van der Waals surface area contributed by atoms with Crippen LogP contribution in [-0.2, 0) is 19.8 Å². The summed E-state index contributed by atoms with van der Waals surface area (Å²) in [6.45, 7) is -0.612. The van der Waals surface area contributed by atoms with E-state index in [1.807, 2.05) is 12.1 Å². The summed E-state index contributed by atoms with van der Waals surface area (Å²) in [4.78, 5) is 0. The fourth-order valence-electron chi connectivity index (χ4n) is 2.20. The summed E-state index contributed by atoms with van der Waals surface area (Å²) in [5.41, 5.74) is 9.03. The molecule has 2 aromatic rings. The first kappa shape index (κ1) is 17.1. The maximum Gasteiger partial charge on any atom is 0.170 e. The van der Waals surface area contributed by atoms with Crippen LogP contribution < -0.4 is 16.4 Å². The third-order valence-electron chi connectivity index (χ3n) is 3.29. The molecule has 6 heteroatoms. The zero-order chi connectivity index (χ0) is 16.7.